The quantitative estimate of drug-likeness (QED) is 0.893. The second-order valence-corrected chi connectivity index (χ2v) is 6.19. The maximum atomic E-state index is 4.34. The zero-order valence-corrected chi connectivity index (χ0v) is 11.7. The molecular formula is C13H23N3S. The molecule has 96 valence electrons. The number of nitrogens with one attached hydrogen (secondary N) is 1. The maximum Gasteiger partial charge on any atom is 0.0897 e. The highest BCUT2D eigenvalue weighted by molar-refractivity contribution is 7.11. The Morgan fingerprint density at radius 2 is 2.47 bits per heavy atom. The zero-order chi connectivity index (χ0) is 12.1. The molecule has 1 aromatic heterocycles. The number of rotatable bonds is 4. The Kier molecular flexibility index (Phi) is 4.95. The van der Waals surface area contributed by atoms with Gasteiger partial charge in [0.15, 0.2) is 0 Å². The van der Waals surface area contributed by atoms with Crippen LogP contribution in [0.1, 0.15) is 36.1 Å². The Bertz CT molecular complexity index is 337. The van der Waals surface area contributed by atoms with Gasteiger partial charge in [-0.1, -0.05) is 13.3 Å². The van der Waals surface area contributed by atoms with Crippen LogP contribution in [-0.4, -0.2) is 35.6 Å². The highest BCUT2D eigenvalue weighted by Crippen LogP contribution is 2.16. The van der Waals surface area contributed by atoms with Gasteiger partial charge in [-0.3, -0.25) is 4.90 Å². The van der Waals surface area contributed by atoms with E-state index in [-0.39, 0.29) is 0 Å². The number of thiazole rings is 1. The third kappa shape index (κ3) is 4.05. The molecule has 3 nitrogen and oxygen atoms in total. The van der Waals surface area contributed by atoms with Gasteiger partial charge in [-0.15, -0.1) is 11.3 Å². The molecule has 0 bridgehead atoms. The number of aromatic nitrogens is 1. The van der Waals surface area contributed by atoms with Gasteiger partial charge in [0.2, 0.25) is 0 Å². The van der Waals surface area contributed by atoms with Gasteiger partial charge in [-0.2, -0.15) is 0 Å². The summed E-state index contributed by atoms with van der Waals surface area (Å²) in [6.45, 7) is 8.99. The minimum atomic E-state index is 0.677. The molecule has 2 heterocycles. The molecule has 0 saturated carbocycles. The van der Waals surface area contributed by atoms with Crippen LogP contribution in [0.15, 0.2) is 6.20 Å². The van der Waals surface area contributed by atoms with Gasteiger partial charge >= 0.3 is 0 Å². The Hall–Kier alpha value is -0.450. The molecule has 1 atom stereocenters. The Morgan fingerprint density at radius 3 is 3.18 bits per heavy atom. The van der Waals surface area contributed by atoms with Crippen molar-refractivity contribution in [3.63, 3.8) is 0 Å². The molecule has 1 aromatic rings. The van der Waals surface area contributed by atoms with E-state index in [0.717, 1.165) is 6.54 Å². The summed E-state index contributed by atoms with van der Waals surface area (Å²) in [5, 5.41) is 4.83. The molecule has 1 fully saturated rings. The maximum absolute atomic E-state index is 4.34. The summed E-state index contributed by atoms with van der Waals surface area (Å²) in [5.41, 5.74) is 0. The van der Waals surface area contributed by atoms with Crippen molar-refractivity contribution in [1.29, 1.82) is 0 Å². The molecule has 0 radical (unpaired) electrons. The van der Waals surface area contributed by atoms with Crippen LogP contribution in [0.2, 0.25) is 0 Å². The van der Waals surface area contributed by atoms with E-state index in [1.54, 1.807) is 0 Å². The van der Waals surface area contributed by atoms with Crippen LogP contribution in [-0.2, 0) is 6.54 Å². The molecule has 0 aromatic carbocycles. The van der Waals surface area contributed by atoms with Crippen molar-refractivity contribution in [3.05, 3.63) is 16.1 Å². The lowest BCUT2D eigenvalue weighted by Crippen LogP contribution is -2.37. The minimum absolute atomic E-state index is 0.677. The predicted molar refractivity (Wildman–Crippen MR) is 73.4 cm³/mol. The Labute approximate surface area is 108 Å². The standard InChI is InChI=1S/C13H23N3S/c1-3-5-12-9-16(7-4-6-14-12)10-13-8-15-11(2)17-13/h8,12,14H,3-7,9-10H2,1-2H3. The van der Waals surface area contributed by atoms with Gasteiger partial charge in [0.05, 0.1) is 5.01 Å². The third-order valence-corrected chi connectivity index (χ3v) is 4.15. The third-order valence-electron chi connectivity index (χ3n) is 3.25. The van der Waals surface area contributed by atoms with Crippen molar-refractivity contribution in [2.45, 2.75) is 45.7 Å². The summed E-state index contributed by atoms with van der Waals surface area (Å²) in [6.07, 6.45) is 5.86. The predicted octanol–water partition coefficient (Wildman–Crippen LogP) is 2.42. The van der Waals surface area contributed by atoms with Gasteiger partial charge in [-0.05, 0) is 32.9 Å². The summed E-state index contributed by atoms with van der Waals surface area (Å²) in [4.78, 5) is 8.32. The Balaban J connectivity index is 1.90. The van der Waals surface area contributed by atoms with Gasteiger partial charge < -0.3 is 5.32 Å². The first-order valence-electron chi connectivity index (χ1n) is 6.65. The van der Waals surface area contributed by atoms with Crippen molar-refractivity contribution in [3.8, 4) is 0 Å². The fourth-order valence-corrected chi connectivity index (χ4v) is 3.30. The topological polar surface area (TPSA) is 28.2 Å². The molecule has 1 unspecified atom stereocenters. The van der Waals surface area contributed by atoms with Gasteiger partial charge in [0.1, 0.15) is 0 Å². The van der Waals surface area contributed by atoms with Gasteiger partial charge in [-0.25, -0.2) is 4.98 Å². The zero-order valence-electron chi connectivity index (χ0n) is 10.9. The molecule has 17 heavy (non-hydrogen) atoms. The number of hydrogen-bond donors (Lipinski definition) is 1. The number of hydrogen-bond acceptors (Lipinski definition) is 4. The highest BCUT2D eigenvalue weighted by Gasteiger charge is 2.17. The molecule has 1 N–H and O–H groups in total. The first-order chi connectivity index (χ1) is 8.28. The van der Waals surface area contributed by atoms with Crippen LogP contribution in [0.3, 0.4) is 0 Å². The van der Waals surface area contributed by atoms with E-state index >= 15 is 0 Å². The van der Waals surface area contributed by atoms with Crippen LogP contribution >= 0.6 is 11.3 Å². The first-order valence-corrected chi connectivity index (χ1v) is 7.46. The van der Waals surface area contributed by atoms with Gasteiger partial charge in [0.25, 0.3) is 0 Å². The number of nitrogens with zero attached hydrogens (tertiary/aromatic N) is 2. The smallest absolute Gasteiger partial charge is 0.0897 e. The van der Waals surface area contributed by atoms with Crippen LogP contribution in [0, 0.1) is 6.92 Å². The Morgan fingerprint density at radius 1 is 1.59 bits per heavy atom. The van der Waals surface area contributed by atoms with Crippen LogP contribution < -0.4 is 5.32 Å². The van der Waals surface area contributed by atoms with Crippen LogP contribution in [0.4, 0.5) is 0 Å². The molecule has 2 rings (SSSR count). The van der Waals surface area contributed by atoms with E-state index in [4.69, 9.17) is 0 Å². The van der Waals surface area contributed by atoms with Crippen LogP contribution in [0.25, 0.3) is 0 Å². The minimum Gasteiger partial charge on any atom is -0.313 e. The molecule has 1 saturated heterocycles. The van der Waals surface area contributed by atoms with Gasteiger partial charge in [0, 0.05) is 30.2 Å². The summed E-state index contributed by atoms with van der Waals surface area (Å²) in [7, 11) is 0. The van der Waals surface area contributed by atoms with Crippen molar-refractivity contribution in [1.82, 2.24) is 15.2 Å². The molecule has 0 aliphatic carbocycles. The summed E-state index contributed by atoms with van der Waals surface area (Å²) >= 11 is 1.83. The van der Waals surface area contributed by atoms with E-state index in [9.17, 15) is 0 Å². The van der Waals surface area contributed by atoms with Crippen molar-refractivity contribution in [2.24, 2.45) is 0 Å². The second-order valence-electron chi connectivity index (χ2n) is 4.87. The fraction of sp³-hybridized carbons (Fsp3) is 0.769. The van der Waals surface area contributed by atoms with Crippen molar-refractivity contribution in [2.75, 3.05) is 19.6 Å². The monoisotopic (exact) mass is 253 g/mol. The van der Waals surface area contributed by atoms with E-state index in [0.29, 0.717) is 6.04 Å². The fourth-order valence-electron chi connectivity index (χ4n) is 2.46. The summed E-state index contributed by atoms with van der Waals surface area (Å²) in [6, 6.07) is 0.677. The molecule has 0 amide bonds. The van der Waals surface area contributed by atoms with Crippen molar-refractivity contribution >= 4 is 11.3 Å². The normalized spacial score (nSPS) is 22.6. The highest BCUT2D eigenvalue weighted by atomic mass is 32.1. The average Bonchev–Trinajstić information content (AvgIpc) is 2.58. The SMILES string of the molecule is CCCC1CN(Cc2cnc(C)s2)CCCN1. The largest absolute Gasteiger partial charge is 0.313 e. The lowest BCUT2D eigenvalue weighted by atomic mass is 10.1. The molecule has 0 spiro atoms. The van der Waals surface area contributed by atoms with Crippen LogP contribution in [0.5, 0.6) is 0 Å². The molecule has 1 aliphatic heterocycles. The van der Waals surface area contributed by atoms with E-state index in [1.165, 1.54) is 48.8 Å². The van der Waals surface area contributed by atoms with Crippen molar-refractivity contribution < 1.29 is 0 Å². The number of aryl methyl sites for hydroxylation is 1. The van der Waals surface area contributed by atoms with E-state index < -0.39 is 0 Å². The second kappa shape index (κ2) is 6.47. The summed E-state index contributed by atoms with van der Waals surface area (Å²) in [5.74, 6) is 0. The lowest BCUT2D eigenvalue weighted by molar-refractivity contribution is 0.257. The van der Waals surface area contributed by atoms with E-state index in [1.807, 2.05) is 17.5 Å². The average molecular weight is 253 g/mol. The molecule has 4 heteroatoms. The molecule has 1 aliphatic rings. The summed E-state index contributed by atoms with van der Waals surface area (Å²) < 4.78 is 0. The lowest BCUT2D eigenvalue weighted by Gasteiger charge is -2.23. The first kappa shape index (κ1) is 13.0. The molecular weight excluding hydrogens is 230 g/mol. The van der Waals surface area contributed by atoms with E-state index in [2.05, 4.69) is 29.0 Å².